The summed E-state index contributed by atoms with van der Waals surface area (Å²) >= 11 is 0. The van der Waals surface area contributed by atoms with Gasteiger partial charge in [-0.15, -0.1) is 0 Å². The number of anilines is 1. The van der Waals surface area contributed by atoms with Crippen LogP contribution in [0.5, 0.6) is 0 Å². The van der Waals surface area contributed by atoms with Crippen molar-refractivity contribution in [2.24, 2.45) is 0 Å². The fourth-order valence-corrected chi connectivity index (χ4v) is 3.69. The molecule has 1 amide bonds. The van der Waals surface area contributed by atoms with Crippen molar-refractivity contribution in [2.75, 3.05) is 11.3 Å². The number of ether oxygens (including phenoxy) is 1. The number of carbonyl (C=O) groups is 2. The summed E-state index contributed by atoms with van der Waals surface area (Å²) < 4.78 is 58.1. The van der Waals surface area contributed by atoms with Crippen molar-refractivity contribution < 1.29 is 31.5 Å². The van der Waals surface area contributed by atoms with Gasteiger partial charge in [-0.25, -0.2) is 22.0 Å². The first kappa shape index (κ1) is 22.9. The van der Waals surface area contributed by atoms with Crippen LogP contribution in [0.4, 0.5) is 14.5 Å². The van der Waals surface area contributed by atoms with Crippen LogP contribution in [0, 0.1) is 11.6 Å². The van der Waals surface area contributed by atoms with Crippen LogP contribution < -0.4 is 10.0 Å². The summed E-state index contributed by atoms with van der Waals surface area (Å²) in [5.74, 6) is -2.38. The molecule has 32 heavy (non-hydrogen) atoms. The molecule has 0 atom stereocenters. The van der Waals surface area contributed by atoms with E-state index in [2.05, 4.69) is 10.0 Å². The second kappa shape index (κ2) is 10.0. The number of benzene rings is 3. The van der Waals surface area contributed by atoms with E-state index < -0.39 is 40.1 Å². The van der Waals surface area contributed by atoms with Crippen molar-refractivity contribution in [3.63, 3.8) is 0 Å². The molecular formula is C22H18F2N2O5S. The van der Waals surface area contributed by atoms with Crippen LogP contribution in [0.15, 0.2) is 77.7 Å². The van der Waals surface area contributed by atoms with E-state index in [4.69, 9.17) is 4.74 Å². The van der Waals surface area contributed by atoms with Crippen LogP contribution in [0.25, 0.3) is 0 Å². The van der Waals surface area contributed by atoms with Gasteiger partial charge in [0, 0.05) is 12.2 Å². The van der Waals surface area contributed by atoms with Gasteiger partial charge in [-0.2, -0.15) is 0 Å². The molecule has 166 valence electrons. The van der Waals surface area contributed by atoms with Crippen LogP contribution in [-0.2, 0) is 26.1 Å². The Morgan fingerprint density at radius 2 is 1.50 bits per heavy atom. The highest BCUT2D eigenvalue weighted by Gasteiger charge is 2.18. The molecule has 0 aromatic heterocycles. The monoisotopic (exact) mass is 460 g/mol. The highest BCUT2D eigenvalue weighted by molar-refractivity contribution is 7.92. The molecule has 2 N–H and O–H groups in total. The molecule has 7 nitrogen and oxygen atoms in total. The summed E-state index contributed by atoms with van der Waals surface area (Å²) in [5.41, 5.74) is 0.744. The van der Waals surface area contributed by atoms with E-state index in [0.717, 1.165) is 18.2 Å². The van der Waals surface area contributed by atoms with Gasteiger partial charge in [-0.05, 0) is 60.2 Å². The minimum atomic E-state index is -4.04. The maximum atomic E-state index is 13.0. The number of amides is 1. The lowest BCUT2D eigenvalue weighted by Gasteiger charge is -2.10. The standard InChI is InChI=1S/C22H18F2N2O5S/c23-17-6-4-15(5-7-17)13-25-21(27)14-31-22(28)16-2-1-3-20(12-16)32(29,30)26-19-10-8-18(24)9-11-19/h1-12,26H,13-14H2,(H,25,27). The second-order valence-electron chi connectivity index (χ2n) is 6.62. The average molecular weight is 460 g/mol. The summed E-state index contributed by atoms with van der Waals surface area (Å²) in [7, 11) is -4.04. The molecule has 0 saturated carbocycles. The molecule has 0 heterocycles. The van der Waals surface area contributed by atoms with Crippen molar-refractivity contribution in [1.82, 2.24) is 5.32 Å². The molecule has 0 spiro atoms. The molecule has 0 unspecified atom stereocenters. The Hall–Kier alpha value is -3.79. The Labute approximate surface area is 183 Å². The number of halogens is 2. The molecule has 10 heteroatoms. The van der Waals surface area contributed by atoms with E-state index in [1.807, 2.05) is 0 Å². The quantitative estimate of drug-likeness (QED) is 0.503. The van der Waals surface area contributed by atoms with Crippen LogP contribution in [0.1, 0.15) is 15.9 Å². The molecular weight excluding hydrogens is 442 g/mol. The van der Waals surface area contributed by atoms with Crippen molar-refractivity contribution in [1.29, 1.82) is 0 Å². The third kappa shape index (κ3) is 6.35. The summed E-state index contributed by atoms with van der Waals surface area (Å²) in [6.45, 7) is -0.454. The summed E-state index contributed by atoms with van der Waals surface area (Å²) in [4.78, 5) is 23.9. The van der Waals surface area contributed by atoms with Gasteiger partial charge in [0.2, 0.25) is 0 Å². The van der Waals surface area contributed by atoms with Crippen LogP contribution in [0.2, 0.25) is 0 Å². The van der Waals surface area contributed by atoms with Gasteiger partial charge in [0.05, 0.1) is 10.5 Å². The number of nitrogens with one attached hydrogen (secondary N) is 2. The highest BCUT2D eigenvalue weighted by atomic mass is 32.2. The third-order valence-electron chi connectivity index (χ3n) is 4.21. The second-order valence-corrected chi connectivity index (χ2v) is 8.30. The summed E-state index contributed by atoms with van der Waals surface area (Å²) in [6, 6.07) is 15.3. The Kier molecular flexibility index (Phi) is 7.16. The van der Waals surface area contributed by atoms with Gasteiger partial charge >= 0.3 is 5.97 Å². The number of hydrogen-bond acceptors (Lipinski definition) is 5. The molecule has 0 saturated heterocycles. The lowest BCUT2D eigenvalue weighted by molar-refractivity contribution is -0.124. The molecule has 0 aliphatic rings. The smallest absolute Gasteiger partial charge is 0.338 e. The van der Waals surface area contributed by atoms with Crippen molar-refractivity contribution in [3.05, 3.63) is 95.6 Å². The largest absolute Gasteiger partial charge is 0.452 e. The third-order valence-corrected chi connectivity index (χ3v) is 5.59. The van der Waals surface area contributed by atoms with E-state index in [9.17, 15) is 26.8 Å². The van der Waals surface area contributed by atoms with Gasteiger partial charge in [0.15, 0.2) is 6.61 Å². The zero-order chi connectivity index (χ0) is 23.1. The molecule has 0 bridgehead atoms. The lowest BCUT2D eigenvalue weighted by Crippen LogP contribution is -2.28. The minimum Gasteiger partial charge on any atom is -0.452 e. The highest BCUT2D eigenvalue weighted by Crippen LogP contribution is 2.18. The zero-order valence-corrected chi connectivity index (χ0v) is 17.4. The Bertz CT molecular complexity index is 1210. The topological polar surface area (TPSA) is 102 Å². The maximum absolute atomic E-state index is 13.0. The van der Waals surface area contributed by atoms with Gasteiger partial charge in [0.1, 0.15) is 11.6 Å². The van der Waals surface area contributed by atoms with E-state index in [1.165, 1.54) is 54.6 Å². The first-order valence-corrected chi connectivity index (χ1v) is 10.8. The van der Waals surface area contributed by atoms with Crippen LogP contribution >= 0.6 is 0 Å². The molecule has 3 rings (SSSR count). The maximum Gasteiger partial charge on any atom is 0.338 e. The summed E-state index contributed by atoms with van der Waals surface area (Å²) in [5, 5.41) is 2.52. The Morgan fingerprint density at radius 1 is 0.875 bits per heavy atom. The Balaban J connectivity index is 1.57. The average Bonchev–Trinajstić information content (AvgIpc) is 2.78. The predicted octanol–water partition coefficient (Wildman–Crippen LogP) is 3.24. The SMILES string of the molecule is O=C(COC(=O)c1cccc(S(=O)(=O)Nc2ccc(F)cc2)c1)NCc1ccc(F)cc1. The number of carbonyl (C=O) groups excluding carboxylic acids is 2. The zero-order valence-electron chi connectivity index (χ0n) is 16.5. The first-order chi connectivity index (χ1) is 15.2. The fraction of sp³-hybridized carbons (Fsp3) is 0.0909. The van der Waals surface area contributed by atoms with Crippen LogP contribution in [0.3, 0.4) is 0 Å². The van der Waals surface area contributed by atoms with E-state index in [0.29, 0.717) is 5.56 Å². The van der Waals surface area contributed by atoms with Gasteiger partial charge in [-0.3, -0.25) is 9.52 Å². The molecule has 3 aromatic rings. The first-order valence-electron chi connectivity index (χ1n) is 9.30. The minimum absolute atomic E-state index is 0.0710. The fourth-order valence-electron chi connectivity index (χ4n) is 2.59. The van der Waals surface area contributed by atoms with E-state index >= 15 is 0 Å². The number of hydrogen-bond donors (Lipinski definition) is 2. The van der Waals surface area contributed by atoms with Crippen LogP contribution in [-0.4, -0.2) is 26.9 Å². The van der Waals surface area contributed by atoms with Crippen molar-refractivity contribution in [3.8, 4) is 0 Å². The van der Waals surface area contributed by atoms with Gasteiger partial charge < -0.3 is 10.1 Å². The number of esters is 1. The van der Waals surface area contributed by atoms with Gasteiger partial charge in [-0.1, -0.05) is 18.2 Å². The molecule has 0 aliphatic carbocycles. The van der Waals surface area contributed by atoms with Crippen molar-refractivity contribution >= 4 is 27.6 Å². The van der Waals surface area contributed by atoms with Gasteiger partial charge in [0.25, 0.3) is 15.9 Å². The summed E-state index contributed by atoms with van der Waals surface area (Å²) in [6.07, 6.45) is 0. The molecule has 0 aliphatic heterocycles. The van der Waals surface area contributed by atoms with E-state index in [-0.39, 0.29) is 22.7 Å². The predicted molar refractivity (Wildman–Crippen MR) is 112 cm³/mol. The lowest BCUT2D eigenvalue weighted by atomic mass is 10.2. The normalized spacial score (nSPS) is 10.9. The number of sulfonamides is 1. The molecule has 0 radical (unpaired) electrons. The molecule has 0 fully saturated rings. The molecule has 3 aromatic carbocycles. The van der Waals surface area contributed by atoms with E-state index in [1.54, 1.807) is 0 Å². The Morgan fingerprint density at radius 3 is 2.16 bits per heavy atom. The van der Waals surface area contributed by atoms with Crippen molar-refractivity contribution in [2.45, 2.75) is 11.4 Å². The number of rotatable bonds is 8.